The summed E-state index contributed by atoms with van der Waals surface area (Å²) in [6, 6.07) is 9.19. The Bertz CT molecular complexity index is 361. The lowest BCUT2D eigenvalue weighted by molar-refractivity contribution is 0.278. The third-order valence-corrected chi connectivity index (χ3v) is 1.73. The highest BCUT2D eigenvalue weighted by molar-refractivity contribution is 7.80. The van der Waals surface area contributed by atoms with E-state index in [-0.39, 0.29) is 10.3 Å². The van der Waals surface area contributed by atoms with Gasteiger partial charge in [0.05, 0.1) is 0 Å². The Morgan fingerprint density at radius 3 is 2.22 bits per heavy atom. The highest BCUT2D eigenvalue weighted by atomic mass is 32.1. The molecule has 0 amide bonds. The maximum atomic E-state index is 5.13. The molecule has 0 aromatic heterocycles. The molecule has 0 unspecified atom stereocenters. The van der Waals surface area contributed by atoms with Gasteiger partial charge < -0.3 is 20.9 Å². The Balaban J connectivity index is 0.000000331. The number of rotatable bonds is 4. The van der Waals surface area contributed by atoms with E-state index >= 15 is 0 Å². The lowest BCUT2D eigenvalue weighted by Crippen LogP contribution is -2.23. The van der Waals surface area contributed by atoms with Crippen LogP contribution >= 0.6 is 24.4 Å². The van der Waals surface area contributed by atoms with Crippen LogP contribution in [0.3, 0.4) is 0 Å². The molecule has 0 aliphatic rings. The fraction of sp³-hybridized carbons (Fsp3) is 0.273. The number of hydrogen-bond donors (Lipinski definition) is 3. The number of para-hydroxylation sites is 1. The molecular weight excluding hydrogens is 270 g/mol. The molecule has 5 nitrogen and oxygen atoms in total. The van der Waals surface area contributed by atoms with Crippen LogP contribution in [0.5, 0.6) is 5.75 Å². The average Bonchev–Trinajstić information content (AvgIpc) is 2.30. The molecule has 0 aliphatic carbocycles. The smallest absolute Gasteiger partial charge is 0.259 e. The van der Waals surface area contributed by atoms with Crippen molar-refractivity contribution < 1.29 is 9.47 Å². The van der Waals surface area contributed by atoms with Crippen LogP contribution in [0.1, 0.15) is 6.92 Å². The second-order valence-electron chi connectivity index (χ2n) is 2.95. The van der Waals surface area contributed by atoms with Crippen LogP contribution in [-0.4, -0.2) is 23.6 Å². The Kier molecular flexibility index (Phi) is 9.84. The van der Waals surface area contributed by atoms with Gasteiger partial charge in [-0.25, -0.2) is 0 Å². The summed E-state index contributed by atoms with van der Waals surface area (Å²) in [5.41, 5.74) is 10.1. The maximum absolute atomic E-state index is 5.13. The van der Waals surface area contributed by atoms with Crippen molar-refractivity contribution in [3.8, 4) is 5.75 Å². The average molecular weight is 287 g/mol. The van der Waals surface area contributed by atoms with Gasteiger partial charge in [0.25, 0.3) is 10.3 Å². The number of hydrogen-bond acceptors (Lipinski definition) is 5. The van der Waals surface area contributed by atoms with E-state index in [1.807, 2.05) is 25.1 Å². The minimum absolute atomic E-state index is 0.0474. The summed E-state index contributed by atoms with van der Waals surface area (Å²) in [4.78, 5) is 0. The fourth-order valence-corrected chi connectivity index (χ4v) is 0.984. The molecule has 0 heterocycles. The maximum Gasteiger partial charge on any atom is 0.259 e. The topological polar surface area (TPSA) is 82.5 Å². The molecule has 0 spiro atoms. The summed E-state index contributed by atoms with van der Waals surface area (Å²) in [5.74, 6) is 0.676. The summed E-state index contributed by atoms with van der Waals surface area (Å²) in [6.45, 7) is 3.25. The highest BCUT2D eigenvalue weighted by Gasteiger charge is 1.90. The third kappa shape index (κ3) is 11.1. The zero-order valence-corrected chi connectivity index (χ0v) is 11.7. The van der Waals surface area contributed by atoms with Gasteiger partial charge >= 0.3 is 0 Å². The quantitative estimate of drug-likeness (QED) is 0.435. The van der Waals surface area contributed by atoms with Gasteiger partial charge in [0.2, 0.25) is 0 Å². The van der Waals surface area contributed by atoms with E-state index in [1.54, 1.807) is 12.1 Å². The standard InChI is InChI=1S/C7H7NOS.C4H10N2OS/c8-7(10)9-6-4-2-1-3-5-6;1-2-6-3-7-4(5)8/h1-5H,(H2,8,10);6H,2-3H2,1H3,(H2,5,8). The van der Waals surface area contributed by atoms with Crippen molar-refractivity contribution in [1.82, 2.24) is 5.32 Å². The van der Waals surface area contributed by atoms with Crippen LogP contribution in [0, 0.1) is 0 Å². The van der Waals surface area contributed by atoms with E-state index in [4.69, 9.17) is 16.2 Å². The van der Waals surface area contributed by atoms with Gasteiger partial charge in [-0.1, -0.05) is 25.1 Å². The van der Waals surface area contributed by atoms with E-state index in [0.29, 0.717) is 12.5 Å². The van der Waals surface area contributed by atoms with Gasteiger partial charge in [0.15, 0.2) is 0 Å². The molecule has 0 saturated carbocycles. The molecule has 7 heteroatoms. The predicted molar refractivity (Wildman–Crippen MR) is 80.3 cm³/mol. The van der Waals surface area contributed by atoms with E-state index in [2.05, 4.69) is 34.5 Å². The number of thiocarbonyl (C=S) groups is 2. The first-order valence-corrected chi connectivity index (χ1v) is 6.03. The van der Waals surface area contributed by atoms with Crippen molar-refractivity contribution in [1.29, 1.82) is 0 Å². The van der Waals surface area contributed by atoms with Crippen molar-refractivity contribution in [3.05, 3.63) is 30.3 Å². The van der Waals surface area contributed by atoms with Gasteiger partial charge in [0.1, 0.15) is 12.5 Å². The lowest BCUT2D eigenvalue weighted by Gasteiger charge is -2.00. The van der Waals surface area contributed by atoms with Gasteiger partial charge in [0, 0.05) is 0 Å². The first-order valence-electron chi connectivity index (χ1n) is 5.21. The van der Waals surface area contributed by atoms with Crippen molar-refractivity contribution in [2.75, 3.05) is 13.3 Å². The second-order valence-corrected chi connectivity index (χ2v) is 3.75. The lowest BCUT2D eigenvalue weighted by atomic mass is 10.3. The van der Waals surface area contributed by atoms with Gasteiger partial charge in [-0.15, -0.1) is 0 Å². The Morgan fingerprint density at radius 2 is 1.78 bits per heavy atom. The van der Waals surface area contributed by atoms with E-state index in [0.717, 1.165) is 6.54 Å². The summed E-state index contributed by atoms with van der Waals surface area (Å²) < 4.78 is 9.60. The fourth-order valence-electron chi connectivity index (χ4n) is 0.829. The Morgan fingerprint density at radius 1 is 1.17 bits per heavy atom. The van der Waals surface area contributed by atoms with E-state index in [1.165, 1.54) is 0 Å². The molecule has 0 atom stereocenters. The number of ether oxygens (including phenoxy) is 2. The van der Waals surface area contributed by atoms with Crippen LogP contribution in [0.4, 0.5) is 0 Å². The number of benzene rings is 1. The molecule has 0 aliphatic heterocycles. The molecule has 0 radical (unpaired) electrons. The molecule has 1 rings (SSSR count). The highest BCUT2D eigenvalue weighted by Crippen LogP contribution is 2.07. The van der Waals surface area contributed by atoms with Crippen LogP contribution in [0.25, 0.3) is 0 Å². The normalized spacial score (nSPS) is 8.72. The zero-order valence-electron chi connectivity index (χ0n) is 10.1. The molecule has 1 aromatic carbocycles. The first-order chi connectivity index (χ1) is 8.56. The summed E-state index contributed by atoms with van der Waals surface area (Å²) in [5, 5.41) is 3.03. The number of nitrogens with two attached hydrogens (primary N) is 2. The van der Waals surface area contributed by atoms with Crippen LogP contribution in [0.2, 0.25) is 0 Å². The monoisotopic (exact) mass is 287 g/mol. The second kappa shape index (κ2) is 10.7. The van der Waals surface area contributed by atoms with Crippen LogP contribution in [-0.2, 0) is 4.74 Å². The van der Waals surface area contributed by atoms with Crippen LogP contribution < -0.4 is 21.5 Å². The Labute approximate surface area is 117 Å². The van der Waals surface area contributed by atoms with Gasteiger partial charge in [-0.2, -0.15) is 0 Å². The van der Waals surface area contributed by atoms with Crippen molar-refractivity contribution >= 4 is 34.8 Å². The summed E-state index contributed by atoms with van der Waals surface area (Å²) in [6.07, 6.45) is 0. The molecule has 0 bridgehead atoms. The van der Waals surface area contributed by atoms with Crippen molar-refractivity contribution in [3.63, 3.8) is 0 Å². The summed E-state index contributed by atoms with van der Waals surface area (Å²) >= 11 is 8.96. The molecule has 18 heavy (non-hydrogen) atoms. The van der Waals surface area contributed by atoms with Crippen molar-refractivity contribution in [2.45, 2.75) is 6.92 Å². The largest absolute Gasteiger partial charge is 0.455 e. The third-order valence-electron chi connectivity index (χ3n) is 1.53. The first kappa shape index (κ1) is 16.6. The molecule has 1 aromatic rings. The molecule has 100 valence electrons. The minimum Gasteiger partial charge on any atom is -0.455 e. The Hall–Kier alpha value is -1.44. The molecule has 0 fully saturated rings. The number of nitrogens with one attached hydrogen (secondary N) is 1. The van der Waals surface area contributed by atoms with Crippen molar-refractivity contribution in [2.24, 2.45) is 11.5 Å². The van der Waals surface area contributed by atoms with Gasteiger partial charge in [-0.3, -0.25) is 5.32 Å². The van der Waals surface area contributed by atoms with Crippen LogP contribution in [0.15, 0.2) is 30.3 Å². The predicted octanol–water partition coefficient (Wildman–Crippen LogP) is 1.12. The van der Waals surface area contributed by atoms with E-state index in [9.17, 15) is 0 Å². The molecule has 0 saturated heterocycles. The minimum atomic E-state index is 0.0474. The SMILES string of the molecule is CCNCOC(N)=S.NC(=S)Oc1ccccc1. The molecule has 5 N–H and O–H groups in total. The van der Waals surface area contributed by atoms with E-state index < -0.39 is 0 Å². The zero-order chi connectivity index (χ0) is 13.8. The summed E-state index contributed by atoms with van der Waals surface area (Å²) in [7, 11) is 0. The van der Waals surface area contributed by atoms with Gasteiger partial charge in [-0.05, 0) is 43.1 Å². The molecular formula is C11H17N3O2S2.